The zero-order chi connectivity index (χ0) is 15.1. The van der Waals surface area contributed by atoms with Gasteiger partial charge in [0.15, 0.2) is 0 Å². The molecule has 0 aliphatic carbocycles. The Kier molecular flexibility index (Phi) is 7.08. The second-order valence-corrected chi connectivity index (χ2v) is 6.04. The van der Waals surface area contributed by atoms with Crippen LogP contribution in [0.4, 0.5) is 0 Å². The van der Waals surface area contributed by atoms with Crippen molar-refractivity contribution in [3.8, 4) is 5.75 Å². The van der Waals surface area contributed by atoms with Crippen LogP contribution in [0.5, 0.6) is 5.75 Å². The van der Waals surface area contributed by atoms with Gasteiger partial charge in [0.2, 0.25) is 0 Å². The third kappa shape index (κ3) is 4.52. The van der Waals surface area contributed by atoms with E-state index in [1.165, 1.54) is 23.1 Å². The van der Waals surface area contributed by atoms with E-state index in [9.17, 15) is 0 Å². The Morgan fingerprint density at radius 3 is 2.45 bits per heavy atom. The molecule has 0 aromatic heterocycles. The van der Waals surface area contributed by atoms with E-state index < -0.39 is 0 Å². The molecule has 114 valence electrons. The number of benzene rings is 1. The first kappa shape index (κ1) is 17.0. The highest BCUT2D eigenvalue weighted by molar-refractivity contribution is 5.45. The number of hydrogen-bond donors (Lipinski definition) is 1. The lowest BCUT2D eigenvalue weighted by Crippen LogP contribution is -2.34. The second-order valence-electron chi connectivity index (χ2n) is 6.04. The van der Waals surface area contributed by atoms with Crippen molar-refractivity contribution in [1.29, 1.82) is 0 Å². The van der Waals surface area contributed by atoms with Gasteiger partial charge in [-0.15, -0.1) is 0 Å². The van der Waals surface area contributed by atoms with Gasteiger partial charge in [0.1, 0.15) is 5.75 Å². The maximum absolute atomic E-state index is 5.61. The molecule has 0 aliphatic rings. The third-order valence-corrected chi connectivity index (χ3v) is 4.15. The lowest BCUT2D eigenvalue weighted by Gasteiger charge is -2.23. The zero-order valence-electron chi connectivity index (χ0n) is 14.0. The van der Waals surface area contributed by atoms with Crippen LogP contribution in [0, 0.1) is 19.8 Å². The average Bonchev–Trinajstić information content (AvgIpc) is 2.42. The number of ether oxygens (including phenoxy) is 1. The molecule has 0 fully saturated rings. The fourth-order valence-electron chi connectivity index (χ4n) is 2.64. The van der Waals surface area contributed by atoms with Gasteiger partial charge in [-0.05, 0) is 62.3 Å². The van der Waals surface area contributed by atoms with Gasteiger partial charge in [0.05, 0.1) is 7.11 Å². The summed E-state index contributed by atoms with van der Waals surface area (Å²) in [5, 5.41) is 3.66. The molecule has 2 nitrogen and oxygen atoms in total. The Labute approximate surface area is 124 Å². The standard InChI is InChI=1S/C18H31NO/c1-7-12-19-17(13(2)3)11-10-16-9-8-14(4)15(5)18(16)20-6/h8-9,13,17,19H,7,10-12H2,1-6H3. The van der Waals surface area contributed by atoms with Crippen molar-refractivity contribution in [2.75, 3.05) is 13.7 Å². The van der Waals surface area contributed by atoms with Crippen LogP contribution in [0.1, 0.15) is 50.3 Å². The molecule has 1 N–H and O–H groups in total. The van der Waals surface area contributed by atoms with E-state index in [0.29, 0.717) is 12.0 Å². The van der Waals surface area contributed by atoms with Crippen molar-refractivity contribution in [1.82, 2.24) is 5.32 Å². The van der Waals surface area contributed by atoms with Crippen LogP contribution < -0.4 is 10.1 Å². The number of aryl methyl sites for hydroxylation is 2. The molecule has 1 aromatic rings. The molecule has 20 heavy (non-hydrogen) atoms. The topological polar surface area (TPSA) is 21.3 Å². The van der Waals surface area contributed by atoms with Gasteiger partial charge in [-0.25, -0.2) is 0 Å². The molecule has 1 aromatic carbocycles. The maximum atomic E-state index is 5.61. The summed E-state index contributed by atoms with van der Waals surface area (Å²) in [6.07, 6.45) is 3.43. The predicted molar refractivity (Wildman–Crippen MR) is 87.7 cm³/mol. The quantitative estimate of drug-likeness (QED) is 0.766. The van der Waals surface area contributed by atoms with Crippen LogP contribution in [0.3, 0.4) is 0 Å². The van der Waals surface area contributed by atoms with E-state index in [1.54, 1.807) is 7.11 Å². The van der Waals surface area contributed by atoms with Gasteiger partial charge in [0.25, 0.3) is 0 Å². The van der Waals surface area contributed by atoms with E-state index in [2.05, 4.69) is 52.1 Å². The summed E-state index contributed by atoms with van der Waals surface area (Å²) in [6.45, 7) is 12.2. The van der Waals surface area contributed by atoms with Crippen molar-refractivity contribution >= 4 is 0 Å². The van der Waals surface area contributed by atoms with Crippen molar-refractivity contribution in [2.24, 2.45) is 5.92 Å². The van der Waals surface area contributed by atoms with E-state index >= 15 is 0 Å². The molecule has 0 spiro atoms. The Morgan fingerprint density at radius 2 is 1.90 bits per heavy atom. The van der Waals surface area contributed by atoms with Crippen molar-refractivity contribution in [3.63, 3.8) is 0 Å². The average molecular weight is 277 g/mol. The van der Waals surface area contributed by atoms with Crippen LogP contribution in [0.25, 0.3) is 0 Å². The lowest BCUT2D eigenvalue weighted by atomic mass is 9.94. The van der Waals surface area contributed by atoms with Crippen LogP contribution in [0.2, 0.25) is 0 Å². The highest BCUT2D eigenvalue weighted by atomic mass is 16.5. The molecule has 1 rings (SSSR count). The normalized spacial score (nSPS) is 12.8. The monoisotopic (exact) mass is 277 g/mol. The first-order chi connectivity index (χ1) is 9.51. The van der Waals surface area contributed by atoms with Gasteiger partial charge >= 0.3 is 0 Å². The molecule has 1 atom stereocenters. The SMILES string of the molecule is CCCNC(CCc1ccc(C)c(C)c1OC)C(C)C. The van der Waals surface area contributed by atoms with Crippen LogP contribution >= 0.6 is 0 Å². The summed E-state index contributed by atoms with van der Waals surface area (Å²) in [4.78, 5) is 0. The van der Waals surface area contributed by atoms with E-state index in [4.69, 9.17) is 4.74 Å². The smallest absolute Gasteiger partial charge is 0.125 e. The summed E-state index contributed by atoms with van der Waals surface area (Å²) in [6, 6.07) is 5.01. The molecule has 0 amide bonds. The number of rotatable bonds is 8. The number of hydrogen-bond acceptors (Lipinski definition) is 2. The molecular formula is C18H31NO. The minimum absolute atomic E-state index is 0.585. The fourth-order valence-corrected chi connectivity index (χ4v) is 2.64. The molecule has 0 bridgehead atoms. The summed E-state index contributed by atoms with van der Waals surface area (Å²) >= 11 is 0. The maximum Gasteiger partial charge on any atom is 0.125 e. The van der Waals surface area contributed by atoms with Crippen molar-refractivity contribution < 1.29 is 4.74 Å². The summed E-state index contributed by atoms with van der Waals surface area (Å²) < 4.78 is 5.61. The summed E-state index contributed by atoms with van der Waals surface area (Å²) in [5.74, 6) is 1.74. The Hall–Kier alpha value is -1.02. The zero-order valence-corrected chi connectivity index (χ0v) is 14.0. The van der Waals surface area contributed by atoms with Crippen molar-refractivity contribution in [3.05, 3.63) is 28.8 Å². The summed E-state index contributed by atoms with van der Waals surface area (Å²) in [5.41, 5.74) is 3.90. The Bertz CT molecular complexity index is 412. The molecule has 0 saturated carbocycles. The Morgan fingerprint density at radius 1 is 1.20 bits per heavy atom. The van der Waals surface area contributed by atoms with Crippen molar-refractivity contribution in [2.45, 2.75) is 59.9 Å². The lowest BCUT2D eigenvalue weighted by molar-refractivity contribution is 0.371. The highest BCUT2D eigenvalue weighted by Crippen LogP contribution is 2.27. The Balaban J connectivity index is 2.75. The van der Waals surface area contributed by atoms with Gasteiger partial charge < -0.3 is 10.1 Å². The largest absolute Gasteiger partial charge is 0.496 e. The molecule has 2 heteroatoms. The second kappa shape index (κ2) is 8.31. The van der Waals surface area contributed by atoms with Gasteiger partial charge in [-0.2, -0.15) is 0 Å². The molecule has 0 radical (unpaired) electrons. The van der Waals surface area contributed by atoms with Crippen LogP contribution in [-0.2, 0) is 6.42 Å². The van der Waals surface area contributed by atoms with Gasteiger partial charge in [0, 0.05) is 6.04 Å². The first-order valence-electron chi connectivity index (χ1n) is 7.87. The molecule has 0 saturated heterocycles. The highest BCUT2D eigenvalue weighted by Gasteiger charge is 2.14. The minimum atomic E-state index is 0.585. The molecule has 0 heterocycles. The molecule has 1 unspecified atom stereocenters. The summed E-state index contributed by atoms with van der Waals surface area (Å²) in [7, 11) is 1.78. The van der Waals surface area contributed by atoms with E-state index in [-0.39, 0.29) is 0 Å². The first-order valence-corrected chi connectivity index (χ1v) is 7.87. The van der Waals surface area contributed by atoms with E-state index in [1.807, 2.05) is 0 Å². The number of nitrogens with one attached hydrogen (secondary N) is 1. The van der Waals surface area contributed by atoms with Gasteiger partial charge in [-0.1, -0.05) is 32.9 Å². The fraction of sp³-hybridized carbons (Fsp3) is 0.667. The number of methoxy groups -OCH3 is 1. The van der Waals surface area contributed by atoms with E-state index in [0.717, 1.165) is 25.1 Å². The minimum Gasteiger partial charge on any atom is -0.496 e. The van der Waals surface area contributed by atoms with Gasteiger partial charge in [-0.3, -0.25) is 0 Å². The van der Waals surface area contributed by atoms with Crippen LogP contribution in [0.15, 0.2) is 12.1 Å². The predicted octanol–water partition coefficient (Wildman–Crippen LogP) is 4.27. The van der Waals surface area contributed by atoms with Crippen LogP contribution in [-0.4, -0.2) is 19.7 Å². The molecular weight excluding hydrogens is 246 g/mol. The third-order valence-electron chi connectivity index (χ3n) is 4.15. The molecule has 0 aliphatic heterocycles.